The molecule has 5 rings (SSSR count). The van der Waals surface area contributed by atoms with E-state index in [1.165, 1.54) is 11.1 Å². The number of nitrogens with two attached hydrogens (primary N) is 2. The average Bonchev–Trinajstić information content (AvgIpc) is 2.88. The lowest BCUT2D eigenvalue weighted by Crippen LogP contribution is -2.42. The van der Waals surface area contributed by atoms with Gasteiger partial charge in [0.2, 0.25) is 0 Å². The maximum Gasteiger partial charge on any atom is 0.155 e. The Bertz CT molecular complexity index is 1170. The number of para-hydroxylation sites is 1. The molecule has 34 heavy (non-hydrogen) atoms. The third-order valence-electron chi connectivity index (χ3n) is 7.51. The highest BCUT2D eigenvalue weighted by molar-refractivity contribution is 6.10. The van der Waals surface area contributed by atoms with Crippen LogP contribution < -0.4 is 21.3 Å². The minimum atomic E-state index is 0.191. The van der Waals surface area contributed by atoms with Gasteiger partial charge in [0.15, 0.2) is 11.7 Å². The van der Waals surface area contributed by atoms with Gasteiger partial charge in [-0.15, -0.1) is 0 Å². The van der Waals surface area contributed by atoms with Crippen molar-refractivity contribution < 1.29 is 0 Å². The van der Waals surface area contributed by atoms with Gasteiger partial charge in [-0.1, -0.05) is 55.5 Å². The zero-order valence-corrected chi connectivity index (χ0v) is 19.7. The van der Waals surface area contributed by atoms with E-state index in [0.29, 0.717) is 29.8 Å². The van der Waals surface area contributed by atoms with Crippen molar-refractivity contribution in [1.29, 1.82) is 5.41 Å². The number of nitrogens with zero attached hydrogens (tertiary/aromatic N) is 4. The summed E-state index contributed by atoms with van der Waals surface area (Å²) in [7, 11) is 0. The zero-order valence-electron chi connectivity index (χ0n) is 19.7. The number of hydrogen-bond donors (Lipinski definition) is 3. The Morgan fingerprint density at radius 2 is 1.76 bits per heavy atom. The molecule has 2 aliphatic heterocycles. The molecule has 3 heterocycles. The first-order chi connectivity index (χ1) is 16.5. The zero-order chi connectivity index (χ0) is 23.7. The van der Waals surface area contributed by atoms with Gasteiger partial charge in [0, 0.05) is 31.2 Å². The van der Waals surface area contributed by atoms with Crippen LogP contribution in [0.4, 0.5) is 17.3 Å². The van der Waals surface area contributed by atoms with Crippen LogP contribution in [0.3, 0.4) is 0 Å². The summed E-state index contributed by atoms with van der Waals surface area (Å²) >= 11 is 0. The third-order valence-corrected chi connectivity index (χ3v) is 7.51. The molecule has 0 aliphatic carbocycles. The molecule has 3 aromatic rings. The van der Waals surface area contributed by atoms with Crippen LogP contribution >= 0.6 is 0 Å². The molecule has 2 aliphatic rings. The van der Waals surface area contributed by atoms with Crippen molar-refractivity contribution in [3.05, 3.63) is 77.6 Å². The van der Waals surface area contributed by atoms with Crippen molar-refractivity contribution in [1.82, 2.24) is 9.97 Å². The molecule has 0 amide bonds. The highest BCUT2D eigenvalue weighted by Crippen LogP contribution is 2.40. The van der Waals surface area contributed by atoms with E-state index in [9.17, 15) is 0 Å². The Kier molecular flexibility index (Phi) is 5.96. The van der Waals surface area contributed by atoms with Crippen LogP contribution in [0.5, 0.6) is 0 Å². The summed E-state index contributed by atoms with van der Waals surface area (Å²) in [6.07, 6.45) is 4.72. The smallest absolute Gasteiger partial charge is 0.155 e. The Morgan fingerprint density at radius 3 is 2.47 bits per heavy atom. The fourth-order valence-corrected chi connectivity index (χ4v) is 5.16. The monoisotopic (exact) mass is 455 g/mol. The van der Waals surface area contributed by atoms with E-state index in [1.54, 1.807) is 6.20 Å². The summed E-state index contributed by atoms with van der Waals surface area (Å²) < 4.78 is 0. The van der Waals surface area contributed by atoms with Gasteiger partial charge in [0.1, 0.15) is 11.5 Å². The first-order valence-electron chi connectivity index (χ1n) is 12.1. The molecule has 0 radical (unpaired) electrons. The Morgan fingerprint density at radius 1 is 1.06 bits per heavy atom. The number of rotatable bonds is 4. The molecular weight excluding hydrogens is 422 g/mol. The van der Waals surface area contributed by atoms with Gasteiger partial charge in [0.25, 0.3) is 0 Å². The number of benzene rings is 2. The number of piperidine rings is 1. The lowest BCUT2D eigenvalue weighted by molar-refractivity contribution is 0.258. The predicted octanol–water partition coefficient (Wildman–Crippen LogP) is 3.99. The molecule has 0 saturated carbocycles. The number of amidine groups is 1. The van der Waals surface area contributed by atoms with Gasteiger partial charge in [-0.05, 0) is 48.4 Å². The summed E-state index contributed by atoms with van der Waals surface area (Å²) in [5.41, 5.74) is 16.5. The second kappa shape index (κ2) is 9.06. The normalized spacial score (nSPS) is 19.5. The van der Waals surface area contributed by atoms with Crippen LogP contribution in [0.15, 0.2) is 60.8 Å². The van der Waals surface area contributed by atoms with E-state index in [0.717, 1.165) is 50.4 Å². The van der Waals surface area contributed by atoms with Crippen LogP contribution in [0.25, 0.3) is 0 Å². The summed E-state index contributed by atoms with van der Waals surface area (Å²) in [5.74, 6) is 1.68. The van der Waals surface area contributed by atoms with Crippen LogP contribution in [0.2, 0.25) is 0 Å². The minimum Gasteiger partial charge on any atom is -0.382 e. The van der Waals surface area contributed by atoms with Gasteiger partial charge in [-0.3, -0.25) is 5.41 Å². The fraction of sp³-hybridized carbons (Fsp3) is 0.370. The van der Waals surface area contributed by atoms with E-state index in [4.69, 9.17) is 16.9 Å². The van der Waals surface area contributed by atoms with Crippen LogP contribution in [-0.2, 0) is 0 Å². The maximum absolute atomic E-state index is 8.97. The molecule has 1 aromatic heterocycles. The highest BCUT2D eigenvalue weighted by Gasteiger charge is 2.31. The second-order valence-corrected chi connectivity index (χ2v) is 9.77. The van der Waals surface area contributed by atoms with Crippen LogP contribution in [0, 0.1) is 10.8 Å². The quantitative estimate of drug-likeness (QED) is 0.405. The van der Waals surface area contributed by atoms with E-state index in [2.05, 4.69) is 64.3 Å². The van der Waals surface area contributed by atoms with E-state index >= 15 is 0 Å². The first-order valence-corrected chi connectivity index (χ1v) is 12.1. The fourth-order valence-electron chi connectivity index (χ4n) is 5.16. The van der Waals surface area contributed by atoms with Gasteiger partial charge in [-0.2, -0.15) is 0 Å². The molecule has 176 valence electrons. The molecule has 1 fully saturated rings. The van der Waals surface area contributed by atoms with Crippen molar-refractivity contribution in [3.63, 3.8) is 0 Å². The van der Waals surface area contributed by atoms with Crippen LogP contribution in [0.1, 0.15) is 48.9 Å². The molecule has 0 spiro atoms. The van der Waals surface area contributed by atoms with E-state index in [1.807, 2.05) is 17.0 Å². The molecule has 1 atom stereocenters. The predicted molar refractivity (Wildman–Crippen MR) is 139 cm³/mol. The Hall–Kier alpha value is -3.45. The van der Waals surface area contributed by atoms with Crippen molar-refractivity contribution in [3.8, 4) is 0 Å². The standard InChI is InChI=1S/C27H33N7/c1-27(18-28)12-15-33(16-13-27)23-17-31-24(25(29)32-23)26(30)34-14-11-20(19-7-3-2-4-8-19)21-9-5-6-10-22(21)34/h2-10,17,20,30H,11-16,18,28H2,1H3,(H2,29,32). The summed E-state index contributed by atoms with van der Waals surface area (Å²) in [6, 6.07) is 18.9. The molecule has 7 heteroatoms. The Balaban J connectivity index is 1.38. The molecule has 5 N–H and O–H groups in total. The summed E-state index contributed by atoms with van der Waals surface area (Å²) in [5, 5.41) is 8.97. The van der Waals surface area contributed by atoms with E-state index in [-0.39, 0.29) is 5.41 Å². The second-order valence-electron chi connectivity index (χ2n) is 9.77. The number of nitrogen functional groups attached to an aromatic ring is 1. The number of aromatic nitrogens is 2. The number of fused-ring (bicyclic) bond motifs is 1. The average molecular weight is 456 g/mol. The largest absolute Gasteiger partial charge is 0.382 e. The lowest BCUT2D eigenvalue weighted by atomic mass is 9.80. The molecule has 1 unspecified atom stereocenters. The van der Waals surface area contributed by atoms with Crippen molar-refractivity contribution in [2.45, 2.75) is 32.1 Å². The molecule has 0 bridgehead atoms. The van der Waals surface area contributed by atoms with E-state index < -0.39 is 0 Å². The van der Waals surface area contributed by atoms with Gasteiger partial charge >= 0.3 is 0 Å². The topological polar surface area (TPSA) is 108 Å². The number of nitrogens with one attached hydrogen (secondary N) is 1. The van der Waals surface area contributed by atoms with Crippen molar-refractivity contribution in [2.75, 3.05) is 41.7 Å². The summed E-state index contributed by atoms with van der Waals surface area (Å²) in [6.45, 7) is 5.45. The third kappa shape index (κ3) is 4.12. The molecular formula is C27H33N7. The lowest BCUT2D eigenvalue weighted by Gasteiger charge is -2.39. The molecule has 2 aromatic carbocycles. The highest BCUT2D eigenvalue weighted by atomic mass is 15.2. The molecule has 1 saturated heterocycles. The van der Waals surface area contributed by atoms with Gasteiger partial charge in [0.05, 0.1) is 6.20 Å². The van der Waals surface area contributed by atoms with Gasteiger partial charge in [-0.25, -0.2) is 9.97 Å². The number of hydrogen-bond acceptors (Lipinski definition) is 6. The molecule has 7 nitrogen and oxygen atoms in total. The summed E-state index contributed by atoms with van der Waals surface area (Å²) in [4.78, 5) is 13.5. The minimum absolute atomic E-state index is 0.191. The van der Waals surface area contributed by atoms with Crippen LogP contribution in [-0.4, -0.2) is 42.0 Å². The Labute approximate surface area is 201 Å². The first kappa shape index (κ1) is 22.3. The number of anilines is 3. The van der Waals surface area contributed by atoms with Crippen molar-refractivity contribution >= 4 is 23.2 Å². The van der Waals surface area contributed by atoms with Gasteiger partial charge < -0.3 is 21.3 Å². The van der Waals surface area contributed by atoms with Crippen molar-refractivity contribution in [2.24, 2.45) is 11.1 Å². The SMILES string of the molecule is CC1(CN)CCN(c2cnc(C(=N)N3CCC(c4ccccc4)c4ccccc43)c(N)n2)CC1. The maximum atomic E-state index is 8.97.